The van der Waals surface area contributed by atoms with Crippen LogP contribution in [0.1, 0.15) is 26.2 Å². The van der Waals surface area contributed by atoms with Crippen LogP contribution >= 0.6 is 0 Å². The molecule has 0 aliphatic carbocycles. The summed E-state index contributed by atoms with van der Waals surface area (Å²) in [5.74, 6) is 0. The van der Waals surface area contributed by atoms with Crippen molar-refractivity contribution in [1.82, 2.24) is 10.6 Å². The zero-order valence-corrected chi connectivity index (χ0v) is 6.72. The molecule has 3 amide bonds. The molecule has 0 radical (unpaired) electrons. The molecule has 0 aromatic carbocycles. The van der Waals surface area contributed by atoms with Gasteiger partial charge in [-0.15, -0.1) is 0 Å². The Kier molecular flexibility index (Phi) is 6.37. The molecule has 0 aliphatic heterocycles. The van der Waals surface area contributed by atoms with E-state index in [1.54, 1.807) is 0 Å². The van der Waals surface area contributed by atoms with Crippen LogP contribution in [0.4, 0.5) is 4.79 Å². The van der Waals surface area contributed by atoms with Crippen LogP contribution in [-0.2, 0) is 4.79 Å². The fourth-order valence-corrected chi connectivity index (χ4v) is 0.681. The van der Waals surface area contributed by atoms with Crippen LogP contribution < -0.4 is 10.6 Å². The summed E-state index contributed by atoms with van der Waals surface area (Å²) in [7, 11) is 0. The van der Waals surface area contributed by atoms with E-state index in [1.807, 2.05) is 5.32 Å². The lowest BCUT2D eigenvalue weighted by Crippen LogP contribution is -2.34. The first-order valence-corrected chi connectivity index (χ1v) is 3.79. The summed E-state index contributed by atoms with van der Waals surface area (Å²) < 4.78 is 0. The predicted octanol–water partition coefficient (Wildman–Crippen LogP) is 0.632. The molecule has 0 aromatic heterocycles. The first kappa shape index (κ1) is 9.94. The van der Waals surface area contributed by atoms with Crippen LogP contribution in [0, 0.1) is 0 Å². The van der Waals surface area contributed by atoms with E-state index in [4.69, 9.17) is 0 Å². The van der Waals surface area contributed by atoms with E-state index in [-0.39, 0.29) is 0 Å². The number of carbonyl (C=O) groups is 2. The molecule has 0 aliphatic rings. The van der Waals surface area contributed by atoms with Gasteiger partial charge in [0.25, 0.3) is 0 Å². The second kappa shape index (κ2) is 7.05. The third-order valence-corrected chi connectivity index (χ3v) is 1.26. The zero-order chi connectivity index (χ0) is 8.53. The molecule has 0 atom stereocenters. The minimum absolute atomic E-state index is 0.370. The van der Waals surface area contributed by atoms with Crippen LogP contribution in [0.15, 0.2) is 0 Å². The number of rotatable bonds is 5. The van der Waals surface area contributed by atoms with Crippen molar-refractivity contribution >= 4 is 12.4 Å². The van der Waals surface area contributed by atoms with Crippen LogP contribution in [0.2, 0.25) is 0 Å². The summed E-state index contributed by atoms with van der Waals surface area (Å²) in [5, 5.41) is 4.53. The highest BCUT2D eigenvalue weighted by Gasteiger charge is 1.94. The average Bonchev–Trinajstić information content (AvgIpc) is 1.99. The number of urea groups is 1. The highest BCUT2D eigenvalue weighted by atomic mass is 16.2. The number of nitrogens with one attached hydrogen (secondary N) is 2. The van der Waals surface area contributed by atoms with Gasteiger partial charge < -0.3 is 5.32 Å². The minimum Gasteiger partial charge on any atom is -0.338 e. The van der Waals surface area contributed by atoms with Crippen molar-refractivity contribution in [3.8, 4) is 0 Å². The third kappa shape index (κ3) is 6.83. The van der Waals surface area contributed by atoms with E-state index >= 15 is 0 Å². The van der Waals surface area contributed by atoms with Crippen LogP contribution in [0.25, 0.3) is 0 Å². The van der Waals surface area contributed by atoms with Crippen LogP contribution in [0.3, 0.4) is 0 Å². The van der Waals surface area contributed by atoms with E-state index < -0.39 is 6.03 Å². The van der Waals surface area contributed by atoms with Gasteiger partial charge in [0.15, 0.2) is 0 Å². The molecular weight excluding hydrogens is 144 g/mol. The highest BCUT2D eigenvalue weighted by molar-refractivity contribution is 5.84. The third-order valence-electron chi connectivity index (χ3n) is 1.26. The van der Waals surface area contributed by atoms with E-state index in [1.165, 1.54) is 0 Å². The largest absolute Gasteiger partial charge is 0.338 e. The lowest BCUT2D eigenvalue weighted by Gasteiger charge is -2.01. The Morgan fingerprint density at radius 1 is 1.45 bits per heavy atom. The highest BCUT2D eigenvalue weighted by Crippen LogP contribution is 1.90. The van der Waals surface area contributed by atoms with Gasteiger partial charge in [-0.25, -0.2) is 4.79 Å². The standard InChI is InChI=1S/C7H14N2O2/c1-2-3-4-5-8-7(11)9-6-10/h6H,2-5H2,1H3,(H2,8,9,10,11). The first-order chi connectivity index (χ1) is 5.31. The van der Waals surface area contributed by atoms with Crippen molar-refractivity contribution in [3.63, 3.8) is 0 Å². The quantitative estimate of drug-likeness (QED) is 0.455. The maximum atomic E-state index is 10.6. The Morgan fingerprint density at radius 3 is 2.73 bits per heavy atom. The maximum absolute atomic E-state index is 10.6. The van der Waals surface area contributed by atoms with Gasteiger partial charge in [-0.1, -0.05) is 19.8 Å². The molecule has 4 nitrogen and oxygen atoms in total. The second-order valence-electron chi connectivity index (χ2n) is 2.23. The van der Waals surface area contributed by atoms with Gasteiger partial charge in [-0.2, -0.15) is 0 Å². The summed E-state index contributed by atoms with van der Waals surface area (Å²) in [6.45, 7) is 2.72. The molecule has 0 spiro atoms. The summed E-state index contributed by atoms with van der Waals surface area (Å²) >= 11 is 0. The van der Waals surface area contributed by atoms with E-state index in [0.717, 1.165) is 19.3 Å². The summed E-state index contributed by atoms with van der Waals surface area (Å²) in [5.41, 5.74) is 0. The van der Waals surface area contributed by atoms with Gasteiger partial charge in [0.05, 0.1) is 0 Å². The van der Waals surface area contributed by atoms with Crippen molar-refractivity contribution in [2.75, 3.05) is 6.54 Å². The van der Waals surface area contributed by atoms with E-state index in [2.05, 4.69) is 12.2 Å². The topological polar surface area (TPSA) is 58.2 Å². The summed E-state index contributed by atoms with van der Waals surface area (Å²) in [6, 6.07) is -0.420. The SMILES string of the molecule is CCCCCNC(=O)NC=O. The number of imide groups is 1. The van der Waals surface area contributed by atoms with Crippen molar-refractivity contribution < 1.29 is 9.59 Å². The van der Waals surface area contributed by atoms with Crippen molar-refractivity contribution in [2.24, 2.45) is 0 Å². The number of carbonyl (C=O) groups excluding carboxylic acids is 2. The Bertz CT molecular complexity index is 126. The Labute approximate surface area is 66.4 Å². The van der Waals surface area contributed by atoms with Crippen LogP contribution in [-0.4, -0.2) is 19.0 Å². The van der Waals surface area contributed by atoms with E-state index in [0.29, 0.717) is 13.0 Å². The fraction of sp³-hybridized carbons (Fsp3) is 0.714. The lowest BCUT2D eigenvalue weighted by atomic mass is 10.2. The van der Waals surface area contributed by atoms with Gasteiger partial charge in [-0.3, -0.25) is 10.1 Å². The molecule has 0 fully saturated rings. The Morgan fingerprint density at radius 2 is 2.18 bits per heavy atom. The second-order valence-corrected chi connectivity index (χ2v) is 2.23. The van der Waals surface area contributed by atoms with Crippen LogP contribution in [0.5, 0.6) is 0 Å². The minimum atomic E-state index is -0.420. The average molecular weight is 158 g/mol. The number of hydrogen-bond donors (Lipinski definition) is 2. The first-order valence-electron chi connectivity index (χ1n) is 3.79. The van der Waals surface area contributed by atoms with Gasteiger partial charge in [0, 0.05) is 6.54 Å². The molecule has 0 heterocycles. The molecule has 0 aromatic rings. The monoisotopic (exact) mass is 158 g/mol. The fourth-order valence-electron chi connectivity index (χ4n) is 0.681. The molecule has 0 unspecified atom stereocenters. The molecule has 4 heteroatoms. The normalized spacial score (nSPS) is 8.82. The zero-order valence-electron chi connectivity index (χ0n) is 6.72. The Balaban J connectivity index is 3.10. The van der Waals surface area contributed by atoms with Gasteiger partial charge >= 0.3 is 6.03 Å². The molecule has 11 heavy (non-hydrogen) atoms. The molecule has 0 bridgehead atoms. The number of hydrogen-bond acceptors (Lipinski definition) is 2. The van der Waals surface area contributed by atoms with Crippen molar-refractivity contribution in [1.29, 1.82) is 0 Å². The van der Waals surface area contributed by atoms with Crippen molar-refractivity contribution in [3.05, 3.63) is 0 Å². The number of unbranched alkanes of at least 4 members (excludes halogenated alkanes) is 2. The summed E-state index contributed by atoms with van der Waals surface area (Å²) in [6.07, 6.45) is 3.55. The maximum Gasteiger partial charge on any atom is 0.321 e. The van der Waals surface area contributed by atoms with Gasteiger partial charge in [0.2, 0.25) is 6.41 Å². The van der Waals surface area contributed by atoms with Gasteiger partial charge in [-0.05, 0) is 6.42 Å². The Hall–Kier alpha value is -1.06. The molecule has 0 saturated heterocycles. The molecule has 64 valence electrons. The molecule has 2 N–H and O–H groups in total. The van der Waals surface area contributed by atoms with Gasteiger partial charge in [0.1, 0.15) is 0 Å². The predicted molar refractivity (Wildman–Crippen MR) is 42.1 cm³/mol. The molecule has 0 saturated carbocycles. The molecule has 0 rings (SSSR count). The smallest absolute Gasteiger partial charge is 0.321 e. The van der Waals surface area contributed by atoms with E-state index in [9.17, 15) is 9.59 Å². The van der Waals surface area contributed by atoms with Crippen molar-refractivity contribution in [2.45, 2.75) is 26.2 Å². The number of amides is 3. The lowest BCUT2D eigenvalue weighted by molar-refractivity contribution is -0.108. The summed E-state index contributed by atoms with van der Waals surface area (Å²) in [4.78, 5) is 20.3. The molecular formula is C7H14N2O2.